The topological polar surface area (TPSA) is 44.4 Å². The van der Waals surface area contributed by atoms with Gasteiger partial charge in [0.25, 0.3) is 0 Å². The van der Waals surface area contributed by atoms with Crippen LogP contribution >= 0.6 is 0 Å². The lowest BCUT2D eigenvalue weighted by molar-refractivity contribution is -0.127. The molecule has 2 heterocycles. The first kappa shape index (κ1) is 12.8. The van der Waals surface area contributed by atoms with Crippen LogP contribution in [0.25, 0.3) is 0 Å². The Balaban J connectivity index is 2.03. The third-order valence-electron chi connectivity index (χ3n) is 3.89. The molecule has 0 radical (unpaired) electrons. The summed E-state index contributed by atoms with van der Waals surface area (Å²) in [6, 6.07) is 0.672. The van der Waals surface area contributed by atoms with Crippen molar-refractivity contribution in [3.05, 3.63) is 0 Å². The second-order valence-electron chi connectivity index (χ2n) is 5.19. The molecule has 2 saturated heterocycles. The number of hydrogen-bond donors (Lipinski definition) is 2. The van der Waals surface area contributed by atoms with Crippen LogP contribution in [0.3, 0.4) is 0 Å². The van der Waals surface area contributed by atoms with Crippen molar-refractivity contribution >= 4 is 5.91 Å². The van der Waals surface area contributed by atoms with E-state index >= 15 is 0 Å². The van der Waals surface area contributed by atoms with E-state index in [4.69, 9.17) is 0 Å². The molecule has 0 aromatic carbocycles. The summed E-state index contributed by atoms with van der Waals surface area (Å²) in [5.74, 6) is 0.253. The smallest absolute Gasteiger partial charge is 0.237 e. The van der Waals surface area contributed by atoms with Crippen LogP contribution in [-0.4, -0.2) is 49.1 Å². The molecule has 0 aromatic heterocycles. The van der Waals surface area contributed by atoms with Gasteiger partial charge in [-0.25, -0.2) is 0 Å². The highest BCUT2D eigenvalue weighted by atomic mass is 16.2. The fourth-order valence-corrected chi connectivity index (χ4v) is 3.01. The predicted molar refractivity (Wildman–Crippen MR) is 68.9 cm³/mol. The van der Waals surface area contributed by atoms with Crippen LogP contribution in [-0.2, 0) is 4.79 Å². The molecule has 98 valence electrons. The Bertz CT molecular complexity index is 251. The van der Waals surface area contributed by atoms with E-state index in [0.717, 1.165) is 45.4 Å². The molecule has 17 heavy (non-hydrogen) atoms. The van der Waals surface area contributed by atoms with Crippen molar-refractivity contribution in [2.45, 2.75) is 51.1 Å². The highest BCUT2D eigenvalue weighted by Crippen LogP contribution is 2.19. The fourth-order valence-electron chi connectivity index (χ4n) is 3.01. The number of amides is 1. The molecule has 2 N–H and O–H groups in total. The van der Waals surface area contributed by atoms with E-state index in [1.165, 1.54) is 12.8 Å². The average Bonchev–Trinajstić information content (AvgIpc) is 2.77. The molecular formula is C13H25N3O. The van der Waals surface area contributed by atoms with Crippen LogP contribution < -0.4 is 10.6 Å². The summed E-state index contributed by atoms with van der Waals surface area (Å²) in [5.41, 5.74) is 0. The zero-order valence-corrected chi connectivity index (χ0v) is 10.9. The number of nitrogens with zero attached hydrogens (tertiary/aromatic N) is 1. The quantitative estimate of drug-likeness (QED) is 0.760. The van der Waals surface area contributed by atoms with Gasteiger partial charge in [-0.15, -0.1) is 0 Å². The molecule has 2 atom stereocenters. The van der Waals surface area contributed by atoms with Gasteiger partial charge in [-0.05, 0) is 45.2 Å². The van der Waals surface area contributed by atoms with E-state index in [-0.39, 0.29) is 11.9 Å². The SMILES string of the molecule is CCCN(C1CCNC1)C1CCCCNC1=O. The Labute approximate surface area is 104 Å². The van der Waals surface area contributed by atoms with Gasteiger partial charge in [0, 0.05) is 19.1 Å². The van der Waals surface area contributed by atoms with E-state index < -0.39 is 0 Å². The number of rotatable bonds is 4. The molecule has 4 heteroatoms. The first-order valence-corrected chi connectivity index (χ1v) is 7.07. The molecule has 4 nitrogen and oxygen atoms in total. The Morgan fingerprint density at radius 1 is 1.29 bits per heavy atom. The number of nitrogens with one attached hydrogen (secondary N) is 2. The normalized spacial score (nSPS) is 30.4. The molecular weight excluding hydrogens is 214 g/mol. The van der Waals surface area contributed by atoms with E-state index in [1.807, 2.05) is 0 Å². The lowest BCUT2D eigenvalue weighted by Gasteiger charge is -2.34. The summed E-state index contributed by atoms with van der Waals surface area (Å²) in [6.45, 7) is 6.25. The summed E-state index contributed by atoms with van der Waals surface area (Å²) in [6.07, 6.45) is 5.64. The standard InChI is InChI=1S/C13H25N3O/c1-2-9-16(11-6-8-14-10-11)12-5-3-4-7-15-13(12)17/h11-12,14H,2-10H2,1H3,(H,15,17). The molecule has 2 fully saturated rings. The minimum absolute atomic E-state index is 0.113. The lowest BCUT2D eigenvalue weighted by atomic mass is 10.1. The molecule has 1 amide bonds. The van der Waals surface area contributed by atoms with E-state index in [2.05, 4.69) is 22.5 Å². The molecule has 0 saturated carbocycles. The summed E-state index contributed by atoms with van der Waals surface area (Å²) >= 11 is 0. The van der Waals surface area contributed by atoms with Gasteiger partial charge >= 0.3 is 0 Å². The van der Waals surface area contributed by atoms with Crippen molar-refractivity contribution in [1.82, 2.24) is 15.5 Å². The summed E-state index contributed by atoms with van der Waals surface area (Å²) < 4.78 is 0. The molecule has 2 unspecified atom stereocenters. The largest absolute Gasteiger partial charge is 0.355 e. The maximum atomic E-state index is 12.1. The van der Waals surface area contributed by atoms with Crippen LogP contribution in [0.1, 0.15) is 39.0 Å². The van der Waals surface area contributed by atoms with Crippen molar-refractivity contribution in [1.29, 1.82) is 0 Å². The third-order valence-corrected chi connectivity index (χ3v) is 3.89. The molecule has 0 spiro atoms. The monoisotopic (exact) mass is 239 g/mol. The van der Waals surface area contributed by atoms with E-state index in [1.54, 1.807) is 0 Å². The zero-order valence-electron chi connectivity index (χ0n) is 10.9. The maximum Gasteiger partial charge on any atom is 0.237 e. The van der Waals surface area contributed by atoms with Crippen LogP contribution in [0.15, 0.2) is 0 Å². The van der Waals surface area contributed by atoms with Gasteiger partial charge in [0.2, 0.25) is 5.91 Å². The highest BCUT2D eigenvalue weighted by Gasteiger charge is 2.32. The van der Waals surface area contributed by atoms with Crippen LogP contribution in [0.4, 0.5) is 0 Å². The average molecular weight is 239 g/mol. The second-order valence-corrected chi connectivity index (χ2v) is 5.19. The van der Waals surface area contributed by atoms with Crippen molar-refractivity contribution in [2.75, 3.05) is 26.2 Å². The molecule has 0 aliphatic carbocycles. The lowest BCUT2D eigenvalue weighted by Crippen LogP contribution is -2.51. The van der Waals surface area contributed by atoms with Gasteiger partial charge in [-0.3, -0.25) is 9.69 Å². The van der Waals surface area contributed by atoms with Crippen LogP contribution in [0.2, 0.25) is 0 Å². The Morgan fingerprint density at radius 2 is 2.18 bits per heavy atom. The van der Waals surface area contributed by atoms with Crippen LogP contribution in [0, 0.1) is 0 Å². The van der Waals surface area contributed by atoms with Crippen molar-refractivity contribution in [3.63, 3.8) is 0 Å². The molecule has 2 aliphatic rings. The summed E-state index contributed by atoms with van der Waals surface area (Å²) in [4.78, 5) is 14.6. The minimum Gasteiger partial charge on any atom is -0.355 e. The van der Waals surface area contributed by atoms with Gasteiger partial charge < -0.3 is 10.6 Å². The Morgan fingerprint density at radius 3 is 2.88 bits per heavy atom. The molecule has 0 aromatic rings. The Kier molecular flexibility index (Phi) is 4.80. The maximum absolute atomic E-state index is 12.1. The van der Waals surface area contributed by atoms with Gasteiger partial charge in [0.15, 0.2) is 0 Å². The van der Waals surface area contributed by atoms with Crippen LogP contribution in [0.5, 0.6) is 0 Å². The van der Waals surface area contributed by atoms with Crippen molar-refractivity contribution in [2.24, 2.45) is 0 Å². The molecule has 0 bridgehead atoms. The number of hydrogen-bond acceptors (Lipinski definition) is 3. The van der Waals surface area contributed by atoms with E-state index in [9.17, 15) is 4.79 Å². The van der Waals surface area contributed by atoms with Gasteiger partial charge in [-0.1, -0.05) is 6.92 Å². The van der Waals surface area contributed by atoms with Gasteiger partial charge in [-0.2, -0.15) is 0 Å². The Hall–Kier alpha value is -0.610. The van der Waals surface area contributed by atoms with E-state index in [0.29, 0.717) is 6.04 Å². The summed E-state index contributed by atoms with van der Waals surface area (Å²) in [7, 11) is 0. The van der Waals surface area contributed by atoms with Crippen molar-refractivity contribution in [3.8, 4) is 0 Å². The first-order valence-electron chi connectivity index (χ1n) is 7.07. The molecule has 2 rings (SSSR count). The van der Waals surface area contributed by atoms with Gasteiger partial charge in [0.05, 0.1) is 6.04 Å². The van der Waals surface area contributed by atoms with Crippen molar-refractivity contribution < 1.29 is 4.79 Å². The second kappa shape index (κ2) is 6.36. The predicted octanol–water partition coefficient (Wildman–Crippen LogP) is 0.729. The van der Waals surface area contributed by atoms with Gasteiger partial charge in [0.1, 0.15) is 0 Å². The highest BCUT2D eigenvalue weighted by molar-refractivity contribution is 5.82. The summed E-state index contributed by atoms with van der Waals surface area (Å²) in [5, 5.41) is 6.46. The first-order chi connectivity index (χ1) is 8.33. The molecule has 2 aliphatic heterocycles. The number of carbonyl (C=O) groups is 1. The number of carbonyl (C=O) groups excluding carboxylic acids is 1. The zero-order chi connectivity index (χ0) is 12.1. The minimum atomic E-state index is 0.113. The third kappa shape index (κ3) is 3.19. The fraction of sp³-hybridized carbons (Fsp3) is 0.923.